The van der Waals surface area contributed by atoms with Gasteiger partial charge in [-0.3, -0.25) is 4.98 Å². The summed E-state index contributed by atoms with van der Waals surface area (Å²) >= 11 is 0. The zero-order valence-electron chi connectivity index (χ0n) is 20.8. The SMILES string of the molecule is Cc1c(-c2[nH]c3ccc(C4CC(CC5CCOCC5)C4)nc3c2C(C)C)cn2ncnc2c1C. The molecule has 0 atom stereocenters. The summed E-state index contributed by atoms with van der Waals surface area (Å²) in [5.41, 5.74) is 10.5. The van der Waals surface area contributed by atoms with Crippen LogP contribution in [0.1, 0.15) is 80.2 Å². The molecule has 4 aromatic rings. The van der Waals surface area contributed by atoms with Crippen molar-refractivity contribution in [1.82, 2.24) is 24.6 Å². The molecule has 1 aliphatic carbocycles. The van der Waals surface area contributed by atoms with Crippen LogP contribution in [0.25, 0.3) is 27.9 Å². The Kier molecular flexibility index (Phi) is 5.44. The number of hydrogen-bond donors (Lipinski definition) is 1. The number of nitrogens with zero attached hydrogens (tertiary/aromatic N) is 4. The fraction of sp³-hybridized carbons (Fsp3) is 0.536. The third-order valence-corrected chi connectivity index (χ3v) is 8.34. The zero-order chi connectivity index (χ0) is 23.4. The quantitative estimate of drug-likeness (QED) is 0.381. The van der Waals surface area contributed by atoms with Crippen LogP contribution in [0.5, 0.6) is 0 Å². The van der Waals surface area contributed by atoms with Gasteiger partial charge >= 0.3 is 0 Å². The highest BCUT2D eigenvalue weighted by Gasteiger charge is 2.33. The summed E-state index contributed by atoms with van der Waals surface area (Å²) in [5.74, 6) is 2.68. The van der Waals surface area contributed by atoms with Crippen molar-refractivity contribution < 1.29 is 4.74 Å². The fourth-order valence-corrected chi connectivity index (χ4v) is 6.18. The van der Waals surface area contributed by atoms with Crippen LogP contribution in [0.2, 0.25) is 0 Å². The predicted octanol–water partition coefficient (Wildman–Crippen LogP) is 6.32. The van der Waals surface area contributed by atoms with E-state index in [2.05, 4.69) is 61.1 Å². The number of ether oxygens (including phenoxy) is 1. The van der Waals surface area contributed by atoms with E-state index in [9.17, 15) is 0 Å². The number of aromatic amines is 1. The third kappa shape index (κ3) is 3.63. The van der Waals surface area contributed by atoms with Crippen LogP contribution >= 0.6 is 0 Å². The van der Waals surface area contributed by atoms with Crippen LogP contribution in [0.15, 0.2) is 24.7 Å². The van der Waals surface area contributed by atoms with Crippen molar-refractivity contribution in [3.63, 3.8) is 0 Å². The normalized spacial score (nSPS) is 21.6. The van der Waals surface area contributed by atoms with E-state index in [1.807, 2.05) is 4.52 Å². The van der Waals surface area contributed by atoms with Gasteiger partial charge in [-0.25, -0.2) is 9.50 Å². The third-order valence-electron chi connectivity index (χ3n) is 8.34. The fourth-order valence-electron chi connectivity index (χ4n) is 6.18. The molecule has 1 saturated carbocycles. The van der Waals surface area contributed by atoms with Crippen molar-refractivity contribution in [1.29, 1.82) is 0 Å². The van der Waals surface area contributed by atoms with Gasteiger partial charge in [-0.1, -0.05) is 13.8 Å². The molecule has 2 aliphatic rings. The summed E-state index contributed by atoms with van der Waals surface area (Å²) in [6.07, 6.45) is 10.2. The topological polar surface area (TPSA) is 68.1 Å². The first-order chi connectivity index (χ1) is 16.5. The number of pyridine rings is 2. The van der Waals surface area contributed by atoms with Crippen LogP contribution in [0.4, 0.5) is 0 Å². The maximum absolute atomic E-state index is 5.54. The number of rotatable bonds is 5. The molecular weight excluding hydrogens is 422 g/mol. The Morgan fingerprint density at radius 2 is 1.88 bits per heavy atom. The number of nitrogens with one attached hydrogen (secondary N) is 1. The Morgan fingerprint density at radius 3 is 2.65 bits per heavy atom. The molecule has 4 aromatic heterocycles. The molecule has 1 saturated heterocycles. The van der Waals surface area contributed by atoms with E-state index < -0.39 is 0 Å². The molecule has 34 heavy (non-hydrogen) atoms. The highest BCUT2D eigenvalue weighted by Crippen LogP contribution is 2.46. The molecule has 6 rings (SSSR count). The van der Waals surface area contributed by atoms with Crippen LogP contribution in [0.3, 0.4) is 0 Å². The number of fused-ring (bicyclic) bond motifs is 2. The molecule has 0 radical (unpaired) electrons. The molecule has 2 fully saturated rings. The summed E-state index contributed by atoms with van der Waals surface area (Å²) in [5, 5.41) is 4.41. The van der Waals surface area contributed by atoms with Gasteiger partial charge in [-0.05, 0) is 87.0 Å². The lowest BCUT2D eigenvalue weighted by atomic mass is 9.69. The van der Waals surface area contributed by atoms with E-state index in [1.165, 1.54) is 65.7 Å². The number of aryl methyl sites for hydroxylation is 1. The Balaban J connectivity index is 1.32. The van der Waals surface area contributed by atoms with E-state index in [1.54, 1.807) is 6.33 Å². The summed E-state index contributed by atoms with van der Waals surface area (Å²) in [7, 11) is 0. The van der Waals surface area contributed by atoms with E-state index >= 15 is 0 Å². The molecule has 178 valence electrons. The maximum atomic E-state index is 5.54. The van der Waals surface area contributed by atoms with Gasteiger partial charge in [0.05, 0.1) is 16.7 Å². The molecule has 0 amide bonds. The summed E-state index contributed by atoms with van der Waals surface area (Å²) in [6.45, 7) is 10.8. The highest BCUT2D eigenvalue weighted by molar-refractivity contribution is 5.89. The lowest BCUT2D eigenvalue weighted by Crippen LogP contribution is -2.27. The van der Waals surface area contributed by atoms with Gasteiger partial charge in [0.1, 0.15) is 6.33 Å². The van der Waals surface area contributed by atoms with Crippen molar-refractivity contribution in [2.75, 3.05) is 13.2 Å². The average molecular weight is 458 g/mol. The van der Waals surface area contributed by atoms with Crippen molar-refractivity contribution in [2.45, 2.75) is 71.6 Å². The van der Waals surface area contributed by atoms with Crippen LogP contribution < -0.4 is 0 Å². The average Bonchev–Trinajstić information content (AvgIpc) is 3.43. The molecule has 0 unspecified atom stereocenters. The Morgan fingerprint density at radius 1 is 1.09 bits per heavy atom. The van der Waals surface area contributed by atoms with Crippen molar-refractivity contribution in [2.24, 2.45) is 11.8 Å². The minimum Gasteiger partial charge on any atom is -0.381 e. The number of H-pyrrole nitrogens is 1. The molecule has 1 aliphatic heterocycles. The minimum absolute atomic E-state index is 0.361. The smallest absolute Gasteiger partial charge is 0.158 e. The second kappa shape index (κ2) is 8.49. The second-order valence-corrected chi connectivity index (χ2v) is 10.8. The molecule has 6 nitrogen and oxygen atoms in total. The van der Waals surface area contributed by atoms with E-state index in [0.717, 1.165) is 41.7 Å². The van der Waals surface area contributed by atoms with Gasteiger partial charge in [0.15, 0.2) is 5.65 Å². The summed E-state index contributed by atoms with van der Waals surface area (Å²) < 4.78 is 7.43. The largest absolute Gasteiger partial charge is 0.381 e. The number of hydrogen-bond acceptors (Lipinski definition) is 4. The van der Waals surface area contributed by atoms with Crippen LogP contribution in [-0.4, -0.2) is 37.8 Å². The molecule has 5 heterocycles. The summed E-state index contributed by atoms with van der Waals surface area (Å²) in [4.78, 5) is 13.4. The Hall–Kier alpha value is -2.73. The molecular formula is C28H35N5O. The van der Waals surface area contributed by atoms with E-state index in [4.69, 9.17) is 9.72 Å². The van der Waals surface area contributed by atoms with Gasteiger partial charge in [-0.15, -0.1) is 0 Å². The molecule has 6 heteroatoms. The number of aromatic nitrogens is 5. The standard InChI is InChI=1S/C28H35N5O/c1-16(2)25-26(22-14-33-28(29-15-30-33)18(4)17(22)3)32-24-6-5-23(31-27(24)25)21-12-20(13-21)11-19-7-9-34-10-8-19/h5-6,14-16,19-21,32H,7-13H2,1-4H3. The monoisotopic (exact) mass is 457 g/mol. The van der Waals surface area contributed by atoms with Crippen molar-refractivity contribution in [3.05, 3.63) is 47.0 Å². The summed E-state index contributed by atoms with van der Waals surface area (Å²) in [6, 6.07) is 4.50. The highest BCUT2D eigenvalue weighted by atomic mass is 16.5. The van der Waals surface area contributed by atoms with Gasteiger partial charge in [0, 0.05) is 42.1 Å². The minimum atomic E-state index is 0.361. The second-order valence-electron chi connectivity index (χ2n) is 10.8. The first-order valence-corrected chi connectivity index (χ1v) is 12.9. The van der Waals surface area contributed by atoms with Gasteiger partial charge < -0.3 is 9.72 Å². The first-order valence-electron chi connectivity index (χ1n) is 12.9. The van der Waals surface area contributed by atoms with Gasteiger partial charge in [0.2, 0.25) is 0 Å². The predicted molar refractivity (Wildman–Crippen MR) is 135 cm³/mol. The van der Waals surface area contributed by atoms with E-state index in [-0.39, 0.29) is 0 Å². The maximum Gasteiger partial charge on any atom is 0.158 e. The molecule has 0 spiro atoms. The van der Waals surface area contributed by atoms with Gasteiger partial charge in [0.25, 0.3) is 0 Å². The molecule has 1 N–H and O–H groups in total. The zero-order valence-corrected chi connectivity index (χ0v) is 20.8. The lowest BCUT2D eigenvalue weighted by Gasteiger charge is -2.38. The van der Waals surface area contributed by atoms with E-state index in [0.29, 0.717) is 11.8 Å². The van der Waals surface area contributed by atoms with Gasteiger partial charge in [-0.2, -0.15) is 5.10 Å². The first kappa shape index (κ1) is 21.8. The Bertz CT molecular complexity index is 1340. The molecule has 0 aromatic carbocycles. The lowest BCUT2D eigenvalue weighted by molar-refractivity contribution is 0.0509. The van der Waals surface area contributed by atoms with Crippen molar-refractivity contribution in [3.8, 4) is 11.3 Å². The molecule has 0 bridgehead atoms. The van der Waals surface area contributed by atoms with Crippen LogP contribution in [0, 0.1) is 25.7 Å². The van der Waals surface area contributed by atoms with Crippen LogP contribution in [-0.2, 0) is 4.74 Å². The Labute approximate surface area is 201 Å². The van der Waals surface area contributed by atoms with Crippen molar-refractivity contribution >= 4 is 16.7 Å².